The normalized spacial score (nSPS) is 14.0. The fourth-order valence-electron chi connectivity index (χ4n) is 20.0. The molecule has 2 aliphatic rings. The molecule has 5 nitrogen and oxygen atoms in total. The first-order valence-electron chi connectivity index (χ1n) is 43.0. The zero-order valence-electron chi connectivity index (χ0n) is 70.6. The Morgan fingerprint density at radius 2 is 0.689 bits per heavy atom. The average Bonchev–Trinajstić information content (AvgIpc) is 0.980. The summed E-state index contributed by atoms with van der Waals surface area (Å²) in [5.41, 5.74) is 27.5. The van der Waals surface area contributed by atoms with Crippen molar-refractivity contribution >= 4 is 196 Å². The van der Waals surface area contributed by atoms with Crippen molar-refractivity contribution in [1.29, 1.82) is 0 Å². The van der Waals surface area contributed by atoms with Crippen LogP contribution in [0.2, 0.25) is 0 Å². The summed E-state index contributed by atoms with van der Waals surface area (Å²) >= 11 is 7.77. The predicted molar refractivity (Wildman–Crippen MR) is 516 cm³/mol. The lowest BCUT2D eigenvalue weighted by atomic mass is 9.70. The van der Waals surface area contributed by atoms with E-state index in [1.807, 2.05) is 12.1 Å². The van der Waals surface area contributed by atoms with E-state index >= 15 is 0 Å². The highest BCUT2D eigenvalue weighted by Gasteiger charge is 2.37. The predicted octanol–water partition coefficient (Wildman–Crippen LogP) is 34.7. The van der Waals surface area contributed by atoms with Gasteiger partial charge in [-0.25, -0.2) is 0 Å². The minimum Gasteiger partial charge on any atom is -0.456 e. The molecule has 3 heterocycles. The number of furan rings is 3. The topological polar surface area (TPSA) is 45.9 Å². The number of para-hydroxylation sites is 5. The van der Waals surface area contributed by atoms with Crippen molar-refractivity contribution in [3.8, 4) is 0 Å². The largest absolute Gasteiger partial charge is 0.456 e. The summed E-state index contributed by atoms with van der Waals surface area (Å²) < 4.78 is 22.2. The molecule has 0 atom stereocenters. The van der Waals surface area contributed by atoms with Gasteiger partial charge in [0.1, 0.15) is 22.3 Å². The lowest BCUT2D eigenvalue weighted by Gasteiger charge is -2.37. The molecule has 0 radical (unpaired) electrons. The maximum absolute atomic E-state index is 6.92. The minimum absolute atomic E-state index is 0.0655. The van der Waals surface area contributed by atoms with E-state index in [9.17, 15) is 0 Å². The van der Waals surface area contributed by atoms with E-state index in [2.05, 4.69) is 387 Å². The van der Waals surface area contributed by atoms with Crippen molar-refractivity contribution in [2.24, 2.45) is 0 Å². The van der Waals surface area contributed by atoms with Crippen LogP contribution >= 0.6 is 31.9 Å². The van der Waals surface area contributed by atoms with Gasteiger partial charge >= 0.3 is 0 Å². The second-order valence-corrected chi connectivity index (χ2v) is 38.5. The van der Waals surface area contributed by atoms with Crippen LogP contribution in [0, 0.1) is 0 Å². The molecule has 0 fully saturated rings. The molecule has 17 aromatic carbocycles. The van der Waals surface area contributed by atoms with Gasteiger partial charge in [-0.15, -0.1) is 0 Å². The molecule has 0 bridgehead atoms. The third kappa shape index (κ3) is 12.8. The van der Waals surface area contributed by atoms with Crippen LogP contribution in [0.25, 0.3) is 130 Å². The van der Waals surface area contributed by atoms with Gasteiger partial charge in [0.25, 0.3) is 0 Å². The summed E-state index contributed by atoms with van der Waals surface area (Å²) in [5.74, 6) is 2.16. The van der Waals surface area contributed by atoms with Crippen molar-refractivity contribution < 1.29 is 13.3 Å². The van der Waals surface area contributed by atoms with Crippen molar-refractivity contribution in [1.82, 2.24) is 0 Å². The summed E-state index contributed by atoms with van der Waals surface area (Å²) in [5, 5.41) is 23.2. The standard InChI is InChI=1S/C66H58N2O2.C24H22Br2.C22H20O/c1-38(2)41-23-27-44(28-24-41)67(55-19-13-17-49-46-15-9-11-21-59(46)69-64(49)55)57-35-43-33-34-66(7,8)54-36-53-58(37-52(40(5)6)48-31-32-51(57)63(61(43)54)62(48)53)68(45-29-25-42(26-30-45)39(3)4)56-20-14-18-50-47-16-10-12-22-60(47)70-65(50)56;1-12(2)16-11-20(26)17-10-18-21-13(7-8-24(18,3)4)9-19(25)15-6-5-14(16)22(17)23(15)21;1-15(2)18-10-7-16(8-11-18)13-17-9-12-20-19-5-3-4-6-21(19)23-22(20)14-17/h9-32,35-40H,33-34H2,1-8H3;5-6,9-12H,7-8H2,1-4H3;3-12,14-15H,13H2,1-2H3. The quantitative estimate of drug-likeness (QED) is 0.108. The number of fused-ring (bicyclic) bond motifs is 9. The molecule has 0 unspecified atom stereocenters. The maximum atomic E-state index is 6.92. The van der Waals surface area contributed by atoms with E-state index in [1.165, 1.54) is 152 Å². The Balaban J connectivity index is 0.000000149. The van der Waals surface area contributed by atoms with Crippen LogP contribution in [0.4, 0.5) is 34.1 Å². The molecule has 0 spiro atoms. The second-order valence-electron chi connectivity index (χ2n) is 36.8. The van der Waals surface area contributed by atoms with Gasteiger partial charge in [-0.3, -0.25) is 0 Å². The van der Waals surface area contributed by atoms with E-state index in [4.69, 9.17) is 13.3 Å². The molecule has 22 rings (SSSR count). The molecular formula is C112H100Br2N2O3. The number of anilines is 6. The molecule has 0 amide bonds. The second kappa shape index (κ2) is 29.3. The third-order valence-corrected chi connectivity index (χ3v) is 28.0. The summed E-state index contributed by atoms with van der Waals surface area (Å²) in [6.07, 6.45) is 5.33. The number of benzene rings is 17. The van der Waals surface area contributed by atoms with Crippen LogP contribution in [-0.2, 0) is 30.1 Å². The Bertz CT molecular complexity index is 7390. The van der Waals surface area contributed by atoms with Gasteiger partial charge in [0.15, 0.2) is 11.2 Å². The highest BCUT2D eigenvalue weighted by Crippen LogP contribution is 2.58. The Kier molecular flexibility index (Phi) is 18.9. The first kappa shape index (κ1) is 76.5. The molecule has 590 valence electrons. The van der Waals surface area contributed by atoms with E-state index in [0.29, 0.717) is 23.7 Å². The number of hydrogen-bond donors (Lipinski definition) is 0. The molecule has 3 aromatic heterocycles. The lowest BCUT2D eigenvalue weighted by molar-refractivity contribution is 0.475. The molecule has 0 saturated heterocycles. The highest BCUT2D eigenvalue weighted by molar-refractivity contribution is 9.11. The number of aryl methyl sites for hydroxylation is 2. The van der Waals surface area contributed by atoms with E-state index in [1.54, 1.807) is 0 Å². The van der Waals surface area contributed by atoms with Gasteiger partial charge in [-0.1, -0.05) is 293 Å². The van der Waals surface area contributed by atoms with Gasteiger partial charge in [0, 0.05) is 68.8 Å². The number of rotatable bonds is 13. The fraction of sp³-hybridized carbons (Fsp3) is 0.232. The van der Waals surface area contributed by atoms with Crippen LogP contribution in [0.1, 0.15) is 201 Å². The van der Waals surface area contributed by atoms with Crippen molar-refractivity contribution in [2.45, 2.75) is 169 Å². The number of halogens is 2. The molecule has 0 saturated carbocycles. The van der Waals surface area contributed by atoms with Gasteiger partial charge < -0.3 is 23.1 Å². The van der Waals surface area contributed by atoms with Crippen molar-refractivity contribution in [2.75, 3.05) is 9.80 Å². The Morgan fingerprint density at radius 3 is 1.21 bits per heavy atom. The first-order valence-corrected chi connectivity index (χ1v) is 44.6. The highest BCUT2D eigenvalue weighted by atomic mass is 79.9. The Labute approximate surface area is 714 Å². The van der Waals surface area contributed by atoms with Gasteiger partial charge in [0.2, 0.25) is 0 Å². The molecule has 2 aliphatic carbocycles. The van der Waals surface area contributed by atoms with Crippen LogP contribution in [-0.4, -0.2) is 0 Å². The molecule has 119 heavy (non-hydrogen) atoms. The molecule has 0 N–H and O–H groups in total. The Hall–Kier alpha value is -11.2. The van der Waals surface area contributed by atoms with Crippen molar-refractivity contribution in [3.63, 3.8) is 0 Å². The minimum atomic E-state index is -0.0655. The number of hydrogen-bond acceptors (Lipinski definition) is 5. The zero-order valence-corrected chi connectivity index (χ0v) is 73.8. The maximum Gasteiger partial charge on any atom is 0.159 e. The molecule has 0 aliphatic heterocycles. The van der Waals surface area contributed by atoms with E-state index in [-0.39, 0.29) is 16.7 Å². The lowest BCUT2D eigenvalue weighted by Crippen LogP contribution is -2.24. The van der Waals surface area contributed by atoms with Crippen LogP contribution in [0.3, 0.4) is 0 Å². The number of nitrogens with zero attached hydrogens (tertiary/aromatic N) is 2. The third-order valence-electron chi connectivity index (χ3n) is 26.7. The van der Waals surface area contributed by atoms with Crippen LogP contribution in [0.5, 0.6) is 0 Å². The van der Waals surface area contributed by atoms with Crippen molar-refractivity contribution in [3.05, 3.63) is 331 Å². The van der Waals surface area contributed by atoms with E-state index in [0.717, 1.165) is 115 Å². The van der Waals surface area contributed by atoms with Crippen LogP contribution < -0.4 is 9.80 Å². The first-order chi connectivity index (χ1) is 57.4. The molecule has 7 heteroatoms. The summed E-state index contributed by atoms with van der Waals surface area (Å²) in [7, 11) is 0. The van der Waals surface area contributed by atoms with Gasteiger partial charge in [-0.2, -0.15) is 0 Å². The van der Waals surface area contributed by atoms with Crippen LogP contribution in [0.15, 0.2) is 283 Å². The zero-order chi connectivity index (χ0) is 81.9. The SMILES string of the molecule is CC(C)c1cc(Br)c2cc3c4c(cc(Br)c5ccc1c2c54)CCC3(C)C.CC(C)c1ccc(Cc2ccc3c(c2)oc2ccccc23)cc1.CC(C)c1ccc(N(c2cc(C(C)C)c3ccc4c(N(c5ccc(C(C)C)cc5)c5cccc6c5oc5ccccc56)cc5c6c(cc2c3c46)C(C)(C)CC5)c2cccc3c2oc2ccccc23)cc1. The summed E-state index contributed by atoms with van der Waals surface area (Å²) in [6, 6.07) is 96.6. The Morgan fingerprint density at radius 1 is 0.294 bits per heavy atom. The van der Waals surface area contributed by atoms with Gasteiger partial charge in [-0.05, 0) is 279 Å². The average molecular weight is 1680 g/mol. The molecule has 20 aromatic rings. The molecular weight excluding hydrogens is 1580 g/mol. The smallest absolute Gasteiger partial charge is 0.159 e. The monoisotopic (exact) mass is 1680 g/mol. The van der Waals surface area contributed by atoms with E-state index < -0.39 is 0 Å². The van der Waals surface area contributed by atoms with Gasteiger partial charge in [0.05, 0.1) is 22.7 Å². The fourth-order valence-corrected chi connectivity index (χ4v) is 21.2. The summed E-state index contributed by atoms with van der Waals surface area (Å²) in [6.45, 7) is 32.5. The summed E-state index contributed by atoms with van der Waals surface area (Å²) in [4.78, 5) is 4.99.